The first-order chi connectivity index (χ1) is 21.5. The SMILES string of the molecule is Cc1cc(F)c(C(=O)Nc2cc(N3CCN(C)CC3)cc(C(F)(F)F)c2)cc1C#Cc1cnc2c(Nc3cn[nH]c3)cccn12. The summed E-state index contributed by atoms with van der Waals surface area (Å²) < 4.78 is 58.2. The molecule has 45 heavy (non-hydrogen) atoms. The smallest absolute Gasteiger partial charge is 0.369 e. The summed E-state index contributed by atoms with van der Waals surface area (Å²) >= 11 is 0. The first-order valence-corrected chi connectivity index (χ1v) is 14.1. The number of nitrogens with zero attached hydrogens (tertiary/aromatic N) is 5. The molecule has 3 N–H and O–H groups in total. The number of aromatic amines is 1. The Bertz CT molecular complexity index is 1930. The van der Waals surface area contributed by atoms with Crippen LogP contribution in [0.5, 0.6) is 0 Å². The molecule has 9 nitrogen and oxygen atoms in total. The van der Waals surface area contributed by atoms with Crippen LogP contribution < -0.4 is 15.5 Å². The number of likely N-dealkylation sites (N-methyl/N-ethyl adjacent to an activating group) is 1. The van der Waals surface area contributed by atoms with E-state index in [1.54, 1.807) is 36.1 Å². The summed E-state index contributed by atoms with van der Waals surface area (Å²) in [4.78, 5) is 21.6. The third-order valence-corrected chi connectivity index (χ3v) is 7.57. The number of rotatable bonds is 5. The van der Waals surface area contributed by atoms with E-state index < -0.39 is 23.5 Å². The number of amides is 1. The summed E-state index contributed by atoms with van der Waals surface area (Å²) in [6.07, 6.45) is 2.11. The molecule has 0 aliphatic carbocycles. The third-order valence-electron chi connectivity index (χ3n) is 7.57. The number of nitrogens with one attached hydrogen (secondary N) is 3. The van der Waals surface area contributed by atoms with Crippen molar-refractivity contribution in [1.29, 1.82) is 0 Å². The van der Waals surface area contributed by atoms with Crippen LogP contribution in [0.3, 0.4) is 0 Å². The molecule has 0 atom stereocenters. The fourth-order valence-electron chi connectivity index (χ4n) is 5.08. The molecule has 5 aromatic rings. The summed E-state index contributed by atoms with van der Waals surface area (Å²) in [7, 11) is 1.94. The summed E-state index contributed by atoms with van der Waals surface area (Å²) in [5, 5.41) is 12.4. The largest absolute Gasteiger partial charge is 0.416 e. The Morgan fingerprint density at radius 1 is 1.02 bits per heavy atom. The highest BCUT2D eigenvalue weighted by atomic mass is 19.4. The number of aryl methyl sites for hydroxylation is 1. The minimum atomic E-state index is -4.63. The Morgan fingerprint density at radius 3 is 2.56 bits per heavy atom. The van der Waals surface area contributed by atoms with Gasteiger partial charge in [0.1, 0.15) is 11.5 Å². The van der Waals surface area contributed by atoms with E-state index in [-0.39, 0.29) is 11.3 Å². The number of hydrogen-bond acceptors (Lipinski definition) is 6. The van der Waals surface area contributed by atoms with Gasteiger partial charge in [0.2, 0.25) is 0 Å². The topological polar surface area (TPSA) is 93.6 Å². The van der Waals surface area contributed by atoms with Gasteiger partial charge in [-0.15, -0.1) is 0 Å². The summed E-state index contributed by atoms with van der Waals surface area (Å²) in [5.74, 6) is 4.33. The molecule has 0 spiro atoms. The molecular weight excluding hydrogens is 588 g/mol. The van der Waals surface area contributed by atoms with E-state index in [0.29, 0.717) is 54.3 Å². The van der Waals surface area contributed by atoms with Crippen molar-refractivity contribution in [1.82, 2.24) is 24.5 Å². The molecule has 4 heterocycles. The molecule has 1 aliphatic rings. The van der Waals surface area contributed by atoms with Gasteiger partial charge in [0, 0.05) is 55.5 Å². The average Bonchev–Trinajstić information content (AvgIpc) is 3.67. The van der Waals surface area contributed by atoms with Crippen LogP contribution in [0, 0.1) is 24.6 Å². The van der Waals surface area contributed by atoms with Crippen LogP contribution in [0.2, 0.25) is 0 Å². The van der Waals surface area contributed by atoms with E-state index in [2.05, 4.69) is 42.6 Å². The van der Waals surface area contributed by atoms with E-state index in [4.69, 9.17) is 0 Å². The molecule has 1 aliphatic heterocycles. The lowest BCUT2D eigenvalue weighted by atomic mass is 10.0. The maximum atomic E-state index is 15.1. The van der Waals surface area contributed by atoms with Crippen LogP contribution >= 0.6 is 0 Å². The maximum Gasteiger partial charge on any atom is 0.416 e. The van der Waals surface area contributed by atoms with Gasteiger partial charge in [-0.3, -0.25) is 14.3 Å². The molecule has 6 rings (SSSR count). The van der Waals surface area contributed by atoms with Crippen LogP contribution in [0.15, 0.2) is 67.3 Å². The molecular formula is C32H28F4N8O. The van der Waals surface area contributed by atoms with Crippen molar-refractivity contribution in [2.75, 3.05) is 48.8 Å². The van der Waals surface area contributed by atoms with Gasteiger partial charge in [0.05, 0.1) is 34.9 Å². The van der Waals surface area contributed by atoms with E-state index in [9.17, 15) is 18.0 Å². The second-order valence-corrected chi connectivity index (χ2v) is 10.8. The lowest BCUT2D eigenvalue weighted by Crippen LogP contribution is -2.44. The first-order valence-electron chi connectivity index (χ1n) is 14.1. The Hall–Kier alpha value is -5.35. The van der Waals surface area contributed by atoms with Crippen LogP contribution in [0.1, 0.15) is 32.7 Å². The van der Waals surface area contributed by atoms with Crippen LogP contribution in [-0.2, 0) is 6.18 Å². The number of carbonyl (C=O) groups is 1. The Morgan fingerprint density at radius 2 is 1.82 bits per heavy atom. The molecule has 0 radical (unpaired) electrons. The molecule has 0 unspecified atom stereocenters. The minimum absolute atomic E-state index is 0.0816. The standard InChI is InChI=1S/C32H28F4N8O/c1-20-12-28(33)27(31(45)41-23-14-22(32(34,35)36)15-26(16-23)43-10-8-42(2)9-11-43)13-21(20)5-6-25-19-37-30-29(4-3-7-44(25)30)40-24-17-38-39-18-24/h3-4,7,12-19,40H,8-11H2,1-2H3,(H,38,39)(H,41,45). The first kappa shape index (κ1) is 29.7. The molecule has 2 aromatic carbocycles. The number of alkyl halides is 3. The van der Waals surface area contributed by atoms with Gasteiger partial charge >= 0.3 is 6.18 Å². The fourth-order valence-corrected chi connectivity index (χ4v) is 5.08. The number of piperazine rings is 1. The zero-order valence-electron chi connectivity index (χ0n) is 24.3. The lowest BCUT2D eigenvalue weighted by Gasteiger charge is -2.34. The maximum absolute atomic E-state index is 15.1. The van der Waals surface area contributed by atoms with Crippen molar-refractivity contribution in [3.63, 3.8) is 0 Å². The normalized spacial score (nSPS) is 13.9. The number of aromatic nitrogens is 4. The minimum Gasteiger partial charge on any atom is -0.369 e. The second kappa shape index (κ2) is 12.0. The molecule has 1 amide bonds. The molecule has 13 heteroatoms. The van der Waals surface area contributed by atoms with Crippen LogP contribution in [0.25, 0.3) is 5.65 Å². The number of H-pyrrole nitrogens is 1. The van der Waals surface area contributed by atoms with Crippen LogP contribution in [0.4, 0.5) is 40.3 Å². The second-order valence-electron chi connectivity index (χ2n) is 10.8. The van der Waals surface area contributed by atoms with Gasteiger partial charge in [-0.05, 0) is 67.9 Å². The highest BCUT2D eigenvalue weighted by molar-refractivity contribution is 6.05. The molecule has 0 bridgehead atoms. The Balaban J connectivity index is 1.27. The van der Waals surface area contributed by atoms with Crippen molar-refractivity contribution in [3.8, 4) is 11.8 Å². The average molecular weight is 617 g/mol. The van der Waals surface area contributed by atoms with Crippen molar-refractivity contribution < 1.29 is 22.4 Å². The summed E-state index contributed by atoms with van der Waals surface area (Å²) in [6, 6.07) is 9.57. The number of imidazole rings is 1. The molecule has 1 saturated heterocycles. The van der Waals surface area contributed by atoms with Gasteiger partial charge in [0.15, 0.2) is 5.65 Å². The quantitative estimate of drug-likeness (QED) is 0.174. The van der Waals surface area contributed by atoms with E-state index in [1.165, 1.54) is 18.2 Å². The summed E-state index contributed by atoms with van der Waals surface area (Å²) in [6.45, 7) is 4.11. The van der Waals surface area contributed by atoms with Crippen LogP contribution in [-0.4, -0.2) is 63.6 Å². The predicted molar refractivity (Wildman–Crippen MR) is 163 cm³/mol. The Labute approximate surface area is 255 Å². The van der Waals surface area contributed by atoms with E-state index >= 15 is 4.39 Å². The van der Waals surface area contributed by atoms with Crippen molar-refractivity contribution in [2.24, 2.45) is 0 Å². The monoisotopic (exact) mass is 616 g/mol. The van der Waals surface area contributed by atoms with E-state index in [1.807, 2.05) is 24.1 Å². The number of pyridine rings is 1. The van der Waals surface area contributed by atoms with E-state index in [0.717, 1.165) is 23.5 Å². The lowest BCUT2D eigenvalue weighted by molar-refractivity contribution is -0.137. The van der Waals surface area contributed by atoms with Gasteiger partial charge in [0.25, 0.3) is 5.91 Å². The number of anilines is 4. The van der Waals surface area contributed by atoms with Crippen molar-refractivity contribution in [2.45, 2.75) is 13.1 Å². The number of hydrogen-bond donors (Lipinski definition) is 3. The predicted octanol–water partition coefficient (Wildman–Crippen LogP) is 5.67. The third kappa shape index (κ3) is 6.46. The van der Waals surface area contributed by atoms with Gasteiger partial charge in [-0.1, -0.05) is 5.92 Å². The highest BCUT2D eigenvalue weighted by Gasteiger charge is 2.32. The zero-order valence-corrected chi connectivity index (χ0v) is 24.3. The molecule has 230 valence electrons. The highest BCUT2D eigenvalue weighted by Crippen LogP contribution is 2.35. The number of halogens is 4. The number of fused-ring (bicyclic) bond motifs is 1. The molecule has 3 aromatic heterocycles. The summed E-state index contributed by atoms with van der Waals surface area (Å²) in [5.41, 5.74) is 2.54. The van der Waals surface area contributed by atoms with Gasteiger partial charge < -0.3 is 20.4 Å². The number of carbonyl (C=O) groups excluding carboxylic acids is 1. The van der Waals surface area contributed by atoms with Crippen molar-refractivity contribution >= 4 is 34.3 Å². The Kier molecular flexibility index (Phi) is 7.90. The van der Waals surface area contributed by atoms with Gasteiger partial charge in [-0.25, -0.2) is 9.37 Å². The molecule has 1 fully saturated rings. The zero-order chi connectivity index (χ0) is 31.7. The number of benzene rings is 2. The fraction of sp³-hybridized carbons (Fsp3) is 0.219. The van der Waals surface area contributed by atoms with Crippen molar-refractivity contribution in [3.05, 3.63) is 101 Å². The van der Waals surface area contributed by atoms with Gasteiger partial charge in [-0.2, -0.15) is 18.3 Å². The molecule has 0 saturated carbocycles.